The first kappa shape index (κ1) is 25.3. The van der Waals surface area contributed by atoms with Gasteiger partial charge in [0.1, 0.15) is 43.1 Å². The van der Waals surface area contributed by atoms with E-state index < -0.39 is 63.7 Å². The summed E-state index contributed by atoms with van der Waals surface area (Å²) in [6.45, 7) is 0. The fourth-order valence-corrected chi connectivity index (χ4v) is 3.89. The summed E-state index contributed by atoms with van der Waals surface area (Å²) in [4.78, 5) is -2.03. The Morgan fingerprint density at radius 3 is 2.06 bits per heavy atom. The Morgan fingerprint density at radius 1 is 0.839 bits per heavy atom. The molecule has 0 amide bonds. The number of halogens is 1. The maximum absolute atomic E-state index is 11.7. The maximum Gasteiger partial charge on any atom is 1.00 e. The Bertz CT molecular complexity index is 1440. The van der Waals surface area contributed by atoms with Crippen LogP contribution in [-0.4, -0.2) is 41.3 Å². The molecular weight excluding hydrogens is 487 g/mol. The molecule has 0 fully saturated rings. The molecule has 0 aromatic heterocycles. The minimum Gasteiger partial charge on any atom is -0.744 e. The van der Waals surface area contributed by atoms with Crippen LogP contribution in [0, 0.1) is 0 Å². The number of rotatable bonds is 4. The first-order valence-corrected chi connectivity index (χ1v) is 10.8. The van der Waals surface area contributed by atoms with Crippen LogP contribution in [0.15, 0.2) is 56.4 Å². The Morgan fingerprint density at radius 2 is 1.48 bits per heavy atom. The number of hydrogen-bond donors (Lipinski definition) is 3. The number of hydrogen-bond acceptors (Lipinski definition) is 11. The second-order valence-corrected chi connectivity index (χ2v) is 9.02. The Labute approximate surface area is 202 Å². The van der Waals surface area contributed by atoms with Crippen molar-refractivity contribution in [3.05, 3.63) is 41.4 Å². The van der Waals surface area contributed by atoms with Crippen LogP contribution < -0.4 is 29.6 Å². The molecule has 0 aliphatic carbocycles. The third kappa shape index (κ3) is 5.27. The van der Waals surface area contributed by atoms with Crippen molar-refractivity contribution < 1.29 is 70.8 Å². The van der Waals surface area contributed by atoms with E-state index in [4.69, 9.17) is 11.6 Å². The molecule has 0 radical (unpaired) electrons. The van der Waals surface area contributed by atoms with Crippen LogP contribution in [0.5, 0.6) is 17.2 Å². The van der Waals surface area contributed by atoms with Gasteiger partial charge < -0.3 is 24.4 Å². The van der Waals surface area contributed by atoms with Crippen molar-refractivity contribution in [1.29, 1.82) is 0 Å². The van der Waals surface area contributed by atoms with Crippen LogP contribution in [0.3, 0.4) is 0 Å². The van der Waals surface area contributed by atoms with Gasteiger partial charge in [-0.1, -0.05) is 11.6 Å². The monoisotopic (exact) mass is 495 g/mol. The van der Waals surface area contributed by atoms with Gasteiger partial charge in [-0.2, -0.15) is 0 Å². The second-order valence-electron chi connectivity index (χ2n) is 5.85. The van der Waals surface area contributed by atoms with E-state index in [0.717, 1.165) is 6.07 Å². The summed E-state index contributed by atoms with van der Waals surface area (Å²) in [6, 6.07) is 5.50. The van der Waals surface area contributed by atoms with Gasteiger partial charge >= 0.3 is 29.6 Å². The van der Waals surface area contributed by atoms with E-state index >= 15 is 0 Å². The molecule has 0 aliphatic heterocycles. The molecule has 0 aliphatic rings. The van der Waals surface area contributed by atoms with Crippen LogP contribution in [0.1, 0.15) is 0 Å². The molecule has 0 unspecified atom stereocenters. The van der Waals surface area contributed by atoms with Crippen LogP contribution >= 0.6 is 11.6 Å². The number of fused-ring (bicyclic) bond motifs is 1. The quantitative estimate of drug-likeness (QED) is 0.250. The smallest absolute Gasteiger partial charge is 0.744 e. The molecule has 0 saturated carbocycles. The van der Waals surface area contributed by atoms with Gasteiger partial charge in [0.15, 0.2) is 5.75 Å². The van der Waals surface area contributed by atoms with Gasteiger partial charge in [-0.15, -0.1) is 10.2 Å². The first-order valence-electron chi connectivity index (χ1n) is 7.64. The normalized spacial score (nSPS) is 12.2. The minimum atomic E-state index is -5.29. The van der Waals surface area contributed by atoms with Crippen LogP contribution in [0.4, 0.5) is 11.4 Å². The van der Waals surface area contributed by atoms with Crippen molar-refractivity contribution in [2.24, 2.45) is 10.2 Å². The molecule has 0 spiro atoms. The zero-order valence-corrected chi connectivity index (χ0v) is 19.7. The van der Waals surface area contributed by atoms with E-state index in [9.17, 15) is 41.3 Å². The van der Waals surface area contributed by atoms with Crippen LogP contribution in [0.2, 0.25) is 5.02 Å². The van der Waals surface area contributed by atoms with Crippen molar-refractivity contribution in [3.63, 3.8) is 0 Å². The number of aromatic hydroxyl groups is 3. The molecule has 0 atom stereocenters. The zero-order valence-electron chi connectivity index (χ0n) is 15.3. The summed E-state index contributed by atoms with van der Waals surface area (Å²) >= 11 is 5.77. The summed E-state index contributed by atoms with van der Waals surface area (Å²) in [6.07, 6.45) is 0. The number of azo groups is 1. The Hall–Kier alpha value is -1.97. The number of nitrogens with zero attached hydrogens (tertiary/aromatic N) is 2. The van der Waals surface area contributed by atoms with E-state index in [1.807, 2.05) is 0 Å². The van der Waals surface area contributed by atoms with Crippen molar-refractivity contribution in [2.45, 2.75) is 9.79 Å². The maximum atomic E-state index is 11.7. The Kier molecular flexibility index (Phi) is 7.24. The van der Waals surface area contributed by atoms with Gasteiger partial charge in [-0.3, -0.25) is 0 Å². The summed E-state index contributed by atoms with van der Waals surface area (Å²) in [5.74, 6) is -2.32. The molecule has 3 aromatic rings. The van der Waals surface area contributed by atoms with Crippen molar-refractivity contribution >= 4 is 54.0 Å². The van der Waals surface area contributed by atoms with Gasteiger partial charge in [-0.25, -0.2) is 16.8 Å². The average molecular weight is 496 g/mol. The predicted molar refractivity (Wildman–Crippen MR) is 100 cm³/mol. The van der Waals surface area contributed by atoms with Gasteiger partial charge in [0.05, 0.1) is 15.2 Å². The molecule has 3 N–H and O–H groups in total. The summed E-state index contributed by atoms with van der Waals surface area (Å²) < 4.78 is 68.6. The average Bonchev–Trinajstić information content (AvgIpc) is 2.61. The van der Waals surface area contributed by atoms with Gasteiger partial charge in [0.2, 0.25) is 0 Å². The molecule has 0 saturated heterocycles. The largest absolute Gasteiger partial charge is 1.00 e. The molecule has 31 heavy (non-hydrogen) atoms. The SMILES string of the molecule is O=S(=O)([O-])c1cc(O)c2c(O)c(N=Nc3cc(Cl)ccc3O)c(S(=O)(=O)[O-])cc2c1.[Na+]. The predicted octanol–water partition coefficient (Wildman–Crippen LogP) is -0.162. The van der Waals surface area contributed by atoms with E-state index in [1.165, 1.54) is 12.1 Å². The number of phenolic OH excluding ortho intramolecular Hbond substituents is 3. The third-order valence-corrected chi connectivity index (χ3v) is 5.75. The summed E-state index contributed by atoms with van der Waals surface area (Å²) in [5.41, 5.74) is -1.11. The van der Waals surface area contributed by atoms with E-state index in [2.05, 4.69) is 10.2 Å². The standard InChI is InChI=1S/C16H11ClN2O9S2.Na/c17-8-1-2-11(20)10(5-8)18-19-15-13(30(26,27)28)4-7-3-9(29(23,24)25)6-12(21)14(7)16(15)22;/h1-6,20-22H,(H,23,24,25)(H,26,27,28);/q;+1/p-2. The van der Waals surface area contributed by atoms with Crippen molar-refractivity contribution in [2.75, 3.05) is 0 Å². The molecule has 158 valence electrons. The zero-order chi connectivity index (χ0) is 22.4. The van der Waals surface area contributed by atoms with Crippen LogP contribution in [-0.2, 0) is 20.2 Å². The van der Waals surface area contributed by atoms with Gasteiger partial charge in [0.25, 0.3) is 0 Å². The van der Waals surface area contributed by atoms with Gasteiger partial charge in [-0.05, 0) is 41.8 Å². The minimum absolute atomic E-state index is 0. The molecule has 3 aromatic carbocycles. The fraction of sp³-hybridized carbons (Fsp3) is 0. The molecule has 15 heteroatoms. The second kappa shape index (κ2) is 8.88. The topological polar surface area (TPSA) is 200 Å². The molecule has 0 bridgehead atoms. The number of benzene rings is 3. The number of phenols is 3. The summed E-state index contributed by atoms with van der Waals surface area (Å²) in [7, 11) is -10.3. The Balaban J connectivity index is 0.00000341. The molecule has 3 rings (SSSR count). The van der Waals surface area contributed by atoms with Crippen LogP contribution in [0.25, 0.3) is 10.8 Å². The first-order chi connectivity index (χ1) is 13.8. The molecule has 11 nitrogen and oxygen atoms in total. The van der Waals surface area contributed by atoms with E-state index in [-0.39, 0.29) is 40.3 Å². The van der Waals surface area contributed by atoms with Crippen molar-refractivity contribution in [3.8, 4) is 17.2 Å². The van der Waals surface area contributed by atoms with E-state index in [0.29, 0.717) is 18.2 Å². The van der Waals surface area contributed by atoms with Crippen molar-refractivity contribution in [1.82, 2.24) is 0 Å². The third-order valence-electron chi connectivity index (χ3n) is 3.86. The fourth-order valence-electron chi connectivity index (χ4n) is 2.55. The molecule has 0 heterocycles. The molecular formula is C16H9ClN2NaO9S2-. The van der Waals surface area contributed by atoms with Gasteiger partial charge in [0, 0.05) is 5.02 Å². The summed E-state index contributed by atoms with van der Waals surface area (Å²) in [5, 5.41) is 36.5. The van der Waals surface area contributed by atoms with E-state index in [1.54, 1.807) is 0 Å².